The van der Waals surface area contributed by atoms with E-state index in [0.29, 0.717) is 0 Å². The maximum absolute atomic E-state index is 4.49. The Labute approximate surface area is 157 Å². The molecule has 4 nitrogen and oxygen atoms in total. The Morgan fingerprint density at radius 3 is 2.64 bits per heavy atom. The standard InChI is InChI=1S/C16H32N4S.HI/c1-4-15-13-20(11-12-21-15)16(17-2)18-8-5-14-6-9-19(3)10-7-14;/h14-15H,4-13H2,1-3H3,(H,17,18);1H. The van der Waals surface area contributed by atoms with Crippen LogP contribution in [0.15, 0.2) is 4.99 Å². The lowest BCUT2D eigenvalue weighted by atomic mass is 9.94. The van der Waals surface area contributed by atoms with Crippen molar-refractivity contribution in [1.29, 1.82) is 0 Å². The number of nitrogens with one attached hydrogen (secondary N) is 1. The van der Waals surface area contributed by atoms with Crippen molar-refractivity contribution in [2.45, 2.75) is 37.9 Å². The lowest BCUT2D eigenvalue weighted by Gasteiger charge is -2.34. The fourth-order valence-corrected chi connectivity index (χ4v) is 4.41. The number of rotatable bonds is 4. The van der Waals surface area contributed by atoms with E-state index in [2.05, 4.69) is 45.8 Å². The number of halogens is 1. The van der Waals surface area contributed by atoms with Crippen molar-refractivity contribution in [2.75, 3.05) is 52.6 Å². The van der Waals surface area contributed by atoms with Gasteiger partial charge >= 0.3 is 0 Å². The van der Waals surface area contributed by atoms with E-state index in [-0.39, 0.29) is 24.0 Å². The van der Waals surface area contributed by atoms with Gasteiger partial charge in [0.05, 0.1) is 0 Å². The third-order valence-electron chi connectivity index (χ3n) is 4.78. The first-order valence-corrected chi connectivity index (χ1v) is 9.53. The molecule has 0 aromatic rings. The molecule has 2 heterocycles. The van der Waals surface area contributed by atoms with Crippen molar-refractivity contribution in [3.05, 3.63) is 0 Å². The zero-order valence-corrected chi connectivity index (χ0v) is 17.5. The van der Waals surface area contributed by atoms with Crippen molar-refractivity contribution < 1.29 is 0 Å². The van der Waals surface area contributed by atoms with Gasteiger partial charge < -0.3 is 15.1 Å². The molecule has 130 valence electrons. The molecule has 0 aromatic carbocycles. The molecular weight excluding hydrogens is 407 g/mol. The molecule has 0 amide bonds. The number of likely N-dealkylation sites (tertiary alicyclic amines) is 1. The third-order valence-corrected chi connectivity index (χ3v) is 6.15. The Morgan fingerprint density at radius 2 is 2.00 bits per heavy atom. The number of nitrogens with zero attached hydrogens (tertiary/aromatic N) is 3. The molecule has 2 rings (SSSR count). The van der Waals surface area contributed by atoms with Gasteiger partial charge in [0.15, 0.2) is 5.96 Å². The molecule has 0 radical (unpaired) electrons. The average Bonchev–Trinajstić information content (AvgIpc) is 2.53. The summed E-state index contributed by atoms with van der Waals surface area (Å²) in [6, 6.07) is 0. The van der Waals surface area contributed by atoms with Gasteiger partial charge in [-0.05, 0) is 51.7 Å². The van der Waals surface area contributed by atoms with Gasteiger partial charge in [-0.2, -0.15) is 11.8 Å². The van der Waals surface area contributed by atoms with E-state index < -0.39 is 0 Å². The molecule has 6 heteroatoms. The predicted octanol–water partition coefficient (Wildman–Crippen LogP) is 2.74. The molecule has 0 saturated carbocycles. The highest BCUT2D eigenvalue weighted by Crippen LogP contribution is 2.21. The first-order chi connectivity index (χ1) is 10.2. The van der Waals surface area contributed by atoms with Crippen LogP contribution in [-0.4, -0.2) is 73.6 Å². The molecular formula is C16H33IN4S. The molecule has 2 fully saturated rings. The van der Waals surface area contributed by atoms with Gasteiger partial charge in [0.25, 0.3) is 0 Å². The number of hydrogen-bond donors (Lipinski definition) is 1. The summed E-state index contributed by atoms with van der Waals surface area (Å²) < 4.78 is 0. The normalized spacial score (nSPS) is 25.0. The van der Waals surface area contributed by atoms with Crippen LogP contribution in [0.4, 0.5) is 0 Å². The van der Waals surface area contributed by atoms with Gasteiger partial charge in [-0.15, -0.1) is 24.0 Å². The van der Waals surface area contributed by atoms with E-state index in [1.807, 2.05) is 7.05 Å². The van der Waals surface area contributed by atoms with E-state index in [0.717, 1.165) is 36.8 Å². The van der Waals surface area contributed by atoms with E-state index in [4.69, 9.17) is 0 Å². The number of hydrogen-bond acceptors (Lipinski definition) is 3. The number of aliphatic imine (C=N–C) groups is 1. The van der Waals surface area contributed by atoms with Gasteiger partial charge in [-0.3, -0.25) is 4.99 Å². The van der Waals surface area contributed by atoms with Gasteiger partial charge in [0.1, 0.15) is 0 Å². The summed E-state index contributed by atoms with van der Waals surface area (Å²) in [5.74, 6) is 3.24. The second-order valence-electron chi connectivity index (χ2n) is 6.36. The monoisotopic (exact) mass is 440 g/mol. The minimum atomic E-state index is 0. The largest absolute Gasteiger partial charge is 0.356 e. The van der Waals surface area contributed by atoms with Crippen molar-refractivity contribution in [3.63, 3.8) is 0 Å². The minimum absolute atomic E-state index is 0. The number of guanidine groups is 1. The smallest absolute Gasteiger partial charge is 0.193 e. The Kier molecular flexibility index (Phi) is 10.1. The van der Waals surface area contributed by atoms with Crippen LogP contribution >= 0.6 is 35.7 Å². The Morgan fingerprint density at radius 1 is 1.27 bits per heavy atom. The summed E-state index contributed by atoms with van der Waals surface area (Å²) in [7, 11) is 4.15. The van der Waals surface area contributed by atoms with Crippen molar-refractivity contribution in [3.8, 4) is 0 Å². The summed E-state index contributed by atoms with van der Waals surface area (Å²) in [6.07, 6.45) is 5.25. The van der Waals surface area contributed by atoms with Crippen LogP contribution in [-0.2, 0) is 0 Å². The summed E-state index contributed by atoms with van der Waals surface area (Å²) >= 11 is 2.11. The Hall–Kier alpha value is 0.310. The average molecular weight is 440 g/mol. The Balaban J connectivity index is 0.00000242. The molecule has 0 bridgehead atoms. The summed E-state index contributed by atoms with van der Waals surface area (Å²) in [6.45, 7) is 8.17. The van der Waals surface area contributed by atoms with E-state index in [9.17, 15) is 0 Å². The second kappa shape index (κ2) is 11.0. The van der Waals surface area contributed by atoms with Gasteiger partial charge in [-0.1, -0.05) is 6.92 Å². The number of thioether (sulfide) groups is 1. The molecule has 2 aliphatic rings. The zero-order chi connectivity index (χ0) is 15.1. The van der Waals surface area contributed by atoms with Crippen LogP contribution in [0.2, 0.25) is 0 Å². The van der Waals surface area contributed by atoms with Crippen LogP contribution in [0.25, 0.3) is 0 Å². The molecule has 22 heavy (non-hydrogen) atoms. The molecule has 1 N–H and O–H groups in total. The highest BCUT2D eigenvalue weighted by Gasteiger charge is 2.22. The summed E-state index contributed by atoms with van der Waals surface area (Å²) in [5.41, 5.74) is 0. The fraction of sp³-hybridized carbons (Fsp3) is 0.938. The van der Waals surface area contributed by atoms with Crippen LogP contribution in [0.5, 0.6) is 0 Å². The Bertz CT molecular complexity index is 332. The van der Waals surface area contributed by atoms with E-state index in [1.54, 1.807) is 0 Å². The first kappa shape index (κ1) is 20.4. The summed E-state index contributed by atoms with van der Waals surface area (Å²) in [4.78, 5) is 9.38. The van der Waals surface area contributed by atoms with Crippen molar-refractivity contribution >= 4 is 41.7 Å². The van der Waals surface area contributed by atoms with Gasteiger partial charge in [0.2, 0.25) is 0 Å². The third kappa shape index (κ3) is 6.43. The lowest BCUT2D eigenvalue weighted by Crippen LogP contribution is -2.48. The highest BCUT2D eigenvalue weighted by atomic mass is 127. The molecule has 2 aliphatic heterocycles. The van der Waals surface area contributed by atoms with E-state index >= 15 is 0 Å². The SMILES string of the molecule is CCC1CN(C(=NC)NCCC2CCN(C)CC2)CCS1.I. The topological polar surface area (TPSA) is 30.9 Å². The molecule has 0 aliphatic carbocycles. The maximum atomic E-state index is 4.49. The van der Waals surface area contributed by atoms with Crippen LogP contribution in [0.1, 0.15) is 32.6 Å². The van der Waals surface area contributed by atoms with Crippen molar-refractivity contribution in [2.24, 2.45) is 10.9 Å². The first-order valence-electron chi connectivity index (χ1n) is 8.48. The minimum Gasteiger partial charge on any atom is -0.356 e. The van der Waals surface area contributed by atoms with E-state index in [1.165, 1.54) is 44.5 Å². The predicted molar refractivity (Wildman–Crippen MR) is 110 cm³/mol. The second-order valence-corrected chi connectivity index (χ2v) is 7.76. The number of piperidine rings is 1. The highest BCUT2D eigenvalue weighted by molar-refractivity contribution is 14.0. The zero-order valence-electron chi connectivity index (χ0n) is 14.4. The quantitative estimate of drug-likeness (QED) is 0.414. The molecule has 2 saturated heterocycles. The fourth-order valence-electron chi connectivity index (χ4n) is 3.23. The van der Waals surface area contributed by atoms with Crippen LogP contribution < -0.4 is 5.32 Å². The summed E-state index contributed by atoms with van der Waals surface area (Å²) in [5, 5.41) is 4.36. The maximum Gasteiger partial charge on any atom is 0.193 e. The lowest BCUT2D eigenvalue weighted by molar-refractivity contribution is 0.212. The molecule has 1 unspecified atom stereocenters. The molecule has 0 aromatic heterocycles. The molecule has 1 atom stereocenters. The van der Waals surface area contributed by atoms with Crippen LogP contribution in [0, 0.1) is 5.92 Å². The van der Waals surface area contributed by atoms with Crippen molar-refractivity contribution in [1.82, 2.24) is 15.1 Å². The van der Waals surface area contributed by atoms with Gasteiger partial charge in [-0.25, -0.2) is 0 Å². The van der Waals surface area contributed by atoms with Gasteiger partial charge in [0, 0.05) is 37.7 Å². The molecule has 0 spiro atoms. The van der Waals surface area contributed by atoms with Crippen LogP contribution in [0.3, 0.4) is 0 Å².